The Morgan fingerprint density at radius 3 is 2.37 bits per heavy atom. The molecular weight excluding hydrogens is 234 g/mol. The molecule has 2 aliphatic rings. The zero-order valence-electron chi connectivity index (χ0n) is 13.2. The minimum Gasteiger partial charge on any atom is -0.303 e. The van der Waals surface area contributed by atoms with E-state index in [2.05, 4.69) is 32.6 Å². The maximum atomic E-state index is 12.2. The second-order valence-electron chi connectivity index (χ2n) is 7.80. The van der Waals surface area contributed by atoms with Gasteiger partial charge in [0.1, 0.15) is 5.78 Å². The van der Waals surface area contributed by atoms with Crippen LogP contribution in [0.15, 0.2) is 0 Å². The van der Waals surface area contributed by atoms with Gasteiger partial charge in [-0.25, -0.2) is 0 Å². The molecule has 2 nitrogen and oxygen atoms in total. The van der Waals surface area contributed by atoms with Crippen LogP contribution in [0, 0.1) is 23.2 Å². The van der Waals surface area contributed by atoms with E-state index in [4.69, 9.17) is 0 Å². The van der Waals surface area contributed by atoms with Crippen LogP contribution >= 0.6 is 0 Å². The fraction of sp³-hybridized carbons (Fsp3) is 0.941. The summed E-state index contributed by atoms with van der Waals surface area (Å²) in [6, 6.07) is 0. The molecule has 2 fully saturated rings. The standard InChI is InChI=1S/C17H31NO/c1-5-18(11-13-6-7-13)12-14-10-15(17(2,3)4)8-9-16(14)19/h13-15H,5-12H2,1-4H3. The second kappa shape index (κ2) is 5.95. The molecule has 110 valence electrons. The van der Waals surface area contributed by atoms with Crippen molar-refractivity contribution in [3.05, 3.63) is 0 Å². The summed E-state index contributed by atoms with van der Waals surface area (Å²) in [6.07, 6.45) is 5.84. The maximum absolute atomic E-state index is 12.2. The molecule has 0 radical (unpaired) electrons. The van der Waals surface area contributed by atoms with Crippen molar-refractivity contribution >= 4 is 5.78 Å². The number of hydrogen-bond donors (Lipinski definition) is 0. The summed E-state index contributed by atoms with van der Waals surface area (Å²) in [5.74, 6) is 2.47. The molecule has 2 aliphatic carbocycles. The third kappa shape index (κ3) is 4.30. The van der Waals surface area contributed by atoms with Crippen molar-refractivity contribution in [1.82, 2.24) is 4.90 Å². The van der Waals surface area contributed by atoms with Gasteiger partial charge in [-0.1, -0.05) is 27.7 Å². The van der Waals surface area contributed by atoms with E-state index in [0.717, 1.165) is 44.2 Å². The van der Waals surface area contributed by atoms with E-state index >= 15 is 0 Å². The first-order chi connectivity index (χ1) is 8.90. The molecule has 0 spiro atoms. The van der Waals surface area contributed by atoms with Gasteiger partial charge in [-0.15, -0.1) is 0 Å². The average Bonchev–Trinajstić information content (AvgIpc) is 3.13. The number of Topliss-reactive ketones (excluding diaryl/α,β-unsaturated/α-hetero) is 1. The monoisotopic (exact) mass is 265 g/mol. The summed E-state index contributed by atoms with van der Waals surface area (Å²) in [5.41, 5.74) is 0.354. The van der Waals surface area contributed by atoms with E-state index in [0.29, 0.717) is 17.1 Å². The molecule has 2 unspecified atom stereocenters. The highest BCUT2D eigenvalue weighted by atomic mass is 16.1. The average molecular weight is 265 g/mol. The lowest BCUT2D eigenvalue weighted by Crippen LogP contribution is -2.40. The van der Waals surface area contributed by atoms with Crippen molar-refractivity contribution in [2.24, 2.45) is 23.2 Å². The van der Waals surface area contributed by atoms with E-state index in [-0.39, 0.29) is 0 Å². The van der Waals surface area contributed by atoms with Gasteiger partial charge < -0.3 is 4.90 Å². The summed E-state index contributed by atoms with van der Waals surface area (Å²) in [4.78, 5) is 14.7. The van der Waals surface area contributed by atoms with Gasteiger partial charge in [0.05, 0.1) is 0 Å². The van der Waals surface area contributed by atoms with Crippen molar-refractivity contribution in [3.63, 3.8) is 0 Å². The van der Waals surface area contributed by atoms with Gasteiger partial charge in [0.15, 0.2) is 0 Å². The smallest absolute Gasteiger partial charge is 0.137 e. The first-order valence-corrected chi connectivity index (χ1v) is 8.15. The van der Waals surface area contributed by atoms with Crippen molar-refractivity contribution in [2.45, 2.75) is 59.8 Å². The van der Waals surface area contributed by atoms with Gasteiger partial charge >= 0.3 is 0 Å². The lowest BCUT2D eigenvalue weighted by molar-refractivity contribution is -0.127. The van der Waals surface area contributed by atoms with Crippen molar-refractivity contribution < 1.29 is 4.79 Å². The summed E-state index contributed by atoms with van der Waals surface area (Å²) in [6.45, 7) is 12.5. The predicted octanol–water partition coefficient (Wildman–Crippen LogP) is 3.75. The van der Waals surface area contributed by atoms with Crippen LogP contribution in [0.3, 0.4) is 0 Å². The van der Waals surface area contributed by atoms with Crippen LogP contribution in [0.4, 0.5) is 0 Å². The maximum Gasteiger partial charge on any atom is 0.137 e. The minimum atomic E-state index is 0.302. The number of hydrogen-bond acceptors (Lipinski definition) is 2. The zero-order valence-corrected chi connectivity index (χ0v) is 13.2. The van der Waals surface area contributed by atoms with Gasteiger partial charge in [-0.2, -0.15) is 0 Å². The molecule has 0 aromatic heterocycles. The number of rotatable bonds is 5. The molecule has 2 saturated carbocycles. The summed E-state index contributed by atoms with van der Waals surface area (Å²) in [5, 5.41) is 0. The molecule has 19 heavy (non-hydrogen) atoms. The highest BCUT2D eigenvalue weighted by Gasteiger charge is 2.36. The Hall–Kier alpha value is -0.370. The molecular formula is C17H31NO. The van der Waals surface area contributed by atoms with Crippen LogP contribution in [0.5, 0.6) is 0 Å². The van der Waals surface area contributed by atoms with Gasteiger partial charge in [0, 0.05) is 25.4 Å². The van der Waals surface area contributed by atoms with Crippen molar-refractivity contribution in [2.75, 3.05) is 19.6 Å². The van der Waals surface area contributed by atoms with E-state index in [1.165, 1.54) is 19.4 Å². The van der Waals surface area contributed by atoms with Crippen LogP contribution in [0.2, 0.25) is 0 Å². The molecule has 2 heteroatoms. The molecule has 2 rings (SSSR count). The Bertz CT molecular complexity index is 314. The van der Waals surface area contributed by atoms with Crippen molar-refractivity contribution in [1.29, 1.82) is 0 Å². The Morgan fingerprint density at radius 2 is 1.84 bits per heavy atom. The summed E-state index contributed by atoms with van der Waals surface area (Å²) < 4.78 is 0. The highest BCUT2D eigenvalue weighted by molar-refractivity contribution is 5.82. The number of ketones is 1. The van der Waals surface area contributed by atoms with Crippen molar-refractivity contribution in [3.8, 4) is 0 Å². The largest absolute Gasteiger partial charge is 0.303 e. The molecule has 0 bridgehead atoms. The van der Waals surface area contributed by atoms with Crippen LogP contribution in [0.1, 0.15) is 59.8 Å². The molecule has 0 N–H and O–H groups in total. The zero-order chi connectivity index (χ0) is 14.0. The Labute approximate surface area is 118 Å². The molecule has 0 aromatic rings. The lowest BCUT2D eigenvalue weighted by Gasteiger charge is -2.38. The fourth-order valence-corrected chi connectivity index (χ4v) is 3.39. The molecule has 0 heterocycles. The first-order valence-electron chi connectivity index (χ1n) is 8.15. The Morgan fingerprint density at radius 1 is 1.16 bits per heavy atom. The quantitative estimate of drug-likeness (QED) is 0.754. The molecule has 0 amide bonds. The van der Waals surface area contributed by atoms with Crippen LogP contribution in [-0.4, -0.2) is 30.3 Å². The van der Waals surface area contributed by atoms with Gasteiger partial charge in [0.2, 0.25) is 0 Å². The predicted molar refractivity (Wildman–Crippen MR) is 80.1 cm³/mol. The number of carbonyl (C=O) groups excluding carboxylic acids is 1. The second-order valence-corrected chi connectivity index (χ2v) is 7.80. The first kappa shape index (κ1) is 15.0. The summed E-state index contributed by atoms with van der Waals surface area (Å²) >= 11 is 0. The van der Waals surface area contributed by atoms with Gasteiger partial charge in [-0.05, 0) is 49.5 Å². The lowest BCUT2D eigenvalue weighted by atomic mass is 9.68. The van der Waals surface area contributed by atoms with Crippen LogP contribution in [0.25, 0.3) is 0 Å². The third-order valence-electron chi connectivity index (χ3n) is 5.13. The highest BCUT2D eigenvalue weighted by Crippen LogP contribution is 2.39. The van der Waals surface area contributed by atoms with Crippen LogP contribution < -0.4 is 0 Å². The molecule has 0 aliphatic heterocycles. The Kier molecular flexibility index (Phi) is 4.70. The Balaban J connectivity index is 1.90. The van der Waals surface area contributed by atoms with Gasteiger partial charge in [-0.3, -0.25) is 4.79 Å². The summed E-state index contributed by atoms with van der Waals surface area (Å²) in [7, 11) is 0. The fourth-order valence-electron chi connectivity index (χ4n) is 3.39. The van der Waals surface area contributed by atoms with E-state index in [1.807, 2.05) is 0 Å². The van der Waals surface area contributed by atoms with E-state index in [1.54, 1.807) is 0 Å². The minimum absolute atomic E-state index is 0.302. The normalized spacial score (nSPS) is 29.0. The number of nitrogens with zero attached hydrogens (tertiary/aromatic N) is 1. The van der Waals surface area contributed by atoms with Gasteiger partial charge in [0.25, 0.3) is 0 Å². The number of carbonyl (C=O) groups is 1. The molecule has 0 saturated heterocycles. The third-order valence-corrected chi connectivity index (χ3v) is 5.13. The van der Waals surface area contributed by atoms with Crippen LogP contribution in [-0.2, 0) is 4.79 Å². The SMILES string of the molecule is CCN(CC1CC1)CC1CC(C(C)(C)C)CCC1=O. The van der Waals surface area contributed by atoms with E-state index < -0.39 is 0 Å². The van der Waals surface area contributed by atoms with E-state index in [9.17, 15) is 4.79 Å². The molecule has 2 atom stereocenters. The topological polar surface area (TPSA) is 20.3 Å². The molecule has 0 aromatic carbocycles.